The average Bonchev–Trinajstić information content (AvgIpc) is 2.84. The highest BCUT2D eigenvalue weighted by molar-refractivity contribution is 5.76. The number of rotatable bonds is 5. The van der Waals surface area contributed by atoms with Gasteiger partial charge in [0.2, 0.25) is 5.91 Å². The van der Waals surface area contributed by atoms with E-state index in [1.807, 2.05) is 31.3 Å². The molecule has 1 aliphatic carbocycles. The van der Waals surface area contributed by atoms with Crippen molar-refractivity contribution in [3.8, 4) is 0 Å². The number of aryl methyl sites for hydroxylation is 2. The predicted octanol–water partition coefficient (Wildman–Crippen LogP) is 2.76. The van der Waals surface area contributed by atoms with Crippen LogP contribution in [0.25, 0.3) is 0 Å². The zero-order chi connectivity index (χ0) is 13.7. The first-order chi connectivity index (χ1) is 9.18. The molecule has 106 valence electrons. The minimum Gasteiger partial charge on any atom is -0.343 e. The van der Waals surface area contributed by atoms with Gasteiger partial charge in [-0.05, 0) is 26.2 Å². The summed E-state index contributed by atoms with van der Waals surface area (Å²) in [6, 6.07) is 0.483. The molecule has 0 bridgehead atoms. The summed E-state index contributed by atoms with van der Waals surface area (Å²) in [6.07, 6.45) is 11.6. The summed E-state index contributed by atoms with van der Waals surface area (Å²) in [5.41, 5.74) is 0. The Morgan fingerprint density at radius 1 is 1.42 bits per heavy atom. The Kier molecular flexibility index (Phi) is 5.00. The summed E-state index contributed by atoms with van der Waals surface area (Å²) in [6.45, 7) is 2.88. The predicted molar refractivity (Wildman–Crippen MR) is 75.8 cm³/mol. The summed E-state index contributed by atoms with van der Waals surface area (Å²) < 4.78 is 2.11. The van der Waals surface area contributed by atoms with Gasteiger partial charge in [0.15, 0.2) is 0 Å². The molecule has 1 amide bonds. The van der Waals surface area contributed by atoms with Crippen LogP contribution in [0.2, 0.25) is 0 Å². The van der Waals surface area contributed by atoms with Crippen LogP contribution in [-0.4, -0.2) is 33.4 Å². The van der Waals surface area contributed by atoms with E-state index in [4.69, 9.17) is 0 Å². The highest BCUT2D eigenvalue weighted by Crippen LogP contribution is 2.22. The van der Waals surface area contributed by atoms with E-state index in [2.05, 4.69) is 9.55 Å². The number of amides is 1. The van der Waals surface area contributed by atoms with Crippen molar-refractivity contribution >= 4 is 5.91 Å². The molecular formula is C15H25N3O. The second-order valence-corrected chi connectivity index (χ2v) is 5.57. The fraction of sp³-hybridized carbons (Fsp3) is 0.733. The molecule has 0 N–H and O–H groups in total. The Morgan fingerprint density at radius 2 is 2.16 bits per heavy atom. The monoisotopic (exact) mass is 263 g/mol. The minimum atomic E-state index is 0.296. The molecule has 1 aromatic rings. The van der Waals surface area contributed by atoms with Crippen molar-refractivity contribution in [1.82, 2.24) is 14.5 Å². The molecule has 0 unspecified atom stereocenters. The lowest BCUT2D eigenvalue weighted by Gasteiger charge is -2.31. The fourth-order valence-corrected chi connectivity index (χ4v) is 2.89. The number of aromatic nitrogens is 2. The van der Waals surface area contributed by atoms with Gasteiger partial charge < -0.3 is 9.47 Å². The molecule has 2 rings (SSSR count). The summed E-state index contributed by atoms with van der Waals surface area (Å²) in [7, 11) is 1.97. The molecule has 4 nitrogen and oxygen atoms in total. The molecule has 1 aliphatic rings. The molecule has 0 saturated heterocycles. The largest absolute Gasteiger partial charge is 0.343 e. The van der Waals surface area contributed by atoms with Gasteiger partial charge in [0.05, 0.1) is 0 Å². The van der Waals surface area contributed by atoms with E-state index in [-0.39, 0.29) is 0 Å². The van der Waals surface area contributed by atoms with Crippen LogP contribution >= 0.6 is 0 Å². The molecule has 1 saturated carbocycles. The maximum absolute atomic E-state index is 12.2. The number of hydrogen-bond donors (Lipinski definition) is 0. The van der Waals surface area contributed by atoms with Crippen LogP contribution in [0.15, 0.2) is 12.4 Å². The van der Waals surface area contributed by atoms with Gasteiger partial charge in [-0.2, -0.15) is 0 Å². The van der Waals surface area contributed by atoms with Gasteiger partial charge in [-0.15, -0.1) is 0 Å². The van der Waals surface area contributed by atoms with Crippen molar-refractivity contribution < 1.29 is 4.79 Å². The Bertz CT molecular complexity index is 407. The zero-order valence-corrected chi connectivity index (χ0v) is 12.1. The van der Waals surface area contributed by atoms with Gasteiger partial charge in [-0.3, -0.25) is 4.79 Å². The smallest absolute Gasteiger partial charge is 0.222 e. The zero-order valence-electron chi connectivity index (χ0n) is 12.1. The van der Waals surface area contributed by atoms with Crippen LogP contribution in [0.4, 0.5) is 0 Å². The van der Waals surface area contributed by atoms with Crippen molar-refractivity contribution in [2.75, 3.05) is 7.05 Å². The average molecular weight is 263 g/mol. The third-order valence-electron chi connectivity index (χ3n) is 4.23. The molecule has 0 atom stereocenters. The van der Waals surface area contributed by atoms with Crippen molar-refractivity contribution in [1.29, 1.82) is 0 Å². The third kappa shape index (κ3) is 3.82. The third-order valence-corrected chi connectivity index (χ3v) is 4.23. The lowest BCUT2D eigenvalue weighted by Crippen LogP contribution is -2.38. The second-order valence-electron chi connectivity index (χ2n) is 5.57. The van der Waals surface area contributed by atoms with Crippen molar-refractivity contribution in [2.24, 2.45) is 0 Å². The lowest BCUT2D eigenvalue weighted by molar-refractivity contribution is -0.132. The molecule has 0 spiro atoms. The van der Waals surface area contributed by atoms with Crippen LogP contribution in [-0.2, 0) is 11.3 Å². The topological polar surface area (TPSA) is 38.1 Å². The first-order valence-electron chi connectivity index (χ1n) is 7.42. The van der Waals surface area contributed by atoms with E-state index in [0.29, 0.717) is 18.4 Å². The second kappa shape index (κ2) is 6.73. The lowest BCUT2D eigenvalue weighted by atomic mass is 9.94. The molecular weight excluding hydrogens is 238 g/mol. The Balaban J connectivity index is 1.73. The van der Waals surface area contributed by atoms with Gasteiger partial charge in [-0.1, -0.05) is 19.3 Å². The number of carbonyl (C=O) groups excluding carboxylic acids is 1. The molecule has 1 aromatic heterocycles. The van der Waals surface area contributed by atoms with Crippen molar-refractivity contribution in [2.45, 2.75) is 64.5 Å². The van der Waals surface area contributed by atoms with E-state index in [0.717, 1.165) is 18.8 Å². The minimum absolute atomic E-state index is 0.296. The SMILES string of the molecule is Cc1nccn1CCCC(=O)N(C)C1CCCCC1. The summed E-state index contributed by atoms with van der Waals surface area (Å²) in [4.78, 5) is 18.3. The van der Waals surface area contributed by atoms with E-state index in [9.17, 15) is 4.79 Å². The van der Waals surface area contributed by atoms with Gasteiger partial charge in [0, 0.05) is 38.4 Å². The number of carbonyl (C=O) groups is 1. The summed E-state index contributed by atoms with van der Waals surface area (Å²) in [5.74, 6) is 1.32. The molecule has 0 aromatic carbocycles. The number of hydrogen-bond acceptors (Lipinski definition) is 2. The summed E-state index contributed by atoms with van der Waals surface area (Å²) >= 11 is 0. The highest BCUT2D eigenvalue weighted by Gasteiger charge is 2.21. The quantitative estimate of drug-likeness (QED) is 0.819. The fourth-order valence-electron chi connectivity index (χ4n) is 2.89. The number of imidazole rings is 1. The maximum Gasteiger partial charge on any atom is 0.222 e. The molecule has 19 heavy (non-hydrogen) atoms. The van der Waals surface area contributed by atoms with Gasteiger partial charge >= 0.3 is 0 Å². The first kappa shape index (κ1) is 14.1. The standard InChI is InChI=1S/C15H25N3O/c1-13-16-10-12-18(13)11-6-9-15(19)17(2)14-7-4-3-5-8-14/h10,12,14H,3-9,11H2,1-2H3. The number of nitrogens with zero attached hydrogens (tertiary/aromatic N) is 3. The van der Waals surface area contributed by atoms with Crippen LogP contribution < -0.4 is 0 Å². The van der Waals surface area contributed by atoms with E-state index >= 15 is 0 Å². The van der Waals surface area contributed by atoms with Gasteiger partial charge in [0.1, 0.15) is 5.82 Å². The van der Waals surface area contributed by atoms with Crippen LogP contribution in [0.3, 0.4) is 0 Å². The molecule has 4 heteroatoms. The van der Waals surface area contributed by atoms with E-state index in [1.165, 1.54) is 32.1 Å². The Morgan fingerprint density at radius 3 is 2.79 bits per heavy atom. The molecule has 1 heterocycles. The molecule has 0 radical (unpaired) electrons. The van der Waals surface area contributed by atoms with Crippen molar-refractivity contribution in [3.05, 3.63) is 18.2 Å². The van der Waals surface area contributed by atoms with E-state index < -0.39 is 0 Å². The summed E-state index contributed by atoms with van der Waals surface area (Å²) in [5, 5.41) is 0. The van der Waals surface area contributed by atoms with Gasteiger partial charge in [0.25, 0.3) is 0 Å². The van der Waals surface area contributed by atoms with Crippen LogP contribution in [0.1, 0.15) is 50.8 Å². The van der Waals surface area contributed by atoms with Crippen molar-refractivity contribution in [3.63, 3.8) is 0 Å². The van der Waals surface area contributed by atoms with E-state index in [1.54, 1.807) is 0 Å². The highest BCUT2D eigenvalue weighted by atomic mass is 16.2. The normalized spacial score (nSPS) is 16.5. The molecule has 1 fully saturated rings. The van der Waals surface area contributed by atoms with Crippen LogP contribution in [0, 0.1) is 6.92 Å². The van der Waals surface area contributed by atoms with Gasteiger partial charge in [-0.25, -0.2) is 4.98 Å². The Hall–Kier alpha value is -1.32. The van der Waals surface area contributed by atoms with Crippen LogP contribution in [0.5, 0.6) is 0 Å². The Labute approximate surface area is 115 Å². The molecule has 0 aliphatic heterocycles. The first-order valence-corrected chi connectivity index (χ1v) is 7.42. The maximum atomic E-state index is 12.2.